The quantitative estimate of drug-likeness (QED) is 0.753. The summed E-state index contributed by atoms with van der Waals surface area (Å²) in [5.41, 5.74) is 0.131. The van der Waals surface area contributed by atoms with Crippen LogP contribution in [0.15, 0.2) is 4.52 Å². The van der Waals surface area contributed by atoms with Gasteiger partial charge in [0.05, 0.1) is 0 Å². The Bertz CT molecular complexity index is 470. The van der Waals surface area contributed by atoms with Crippen LogP contribution in [0.1, 0.15) is 62.0 Å². The molecule has 0 radical (unpaired) electrons. The molecule has 0 unspecified atom stereocenters. The number of aromatic nitrogens is 2. The lowest BCUT2D eigenvalue weighted by Gasteiger charge is -2.55. The fraction of sp³-hybridized carbons (Fsp3) is 0.786. The van der Waals surface area contributed by atoms with Crippen LogP contribution in [0.25, 0.3) is 0 Å². The van der Waals surface area contributed by atoms with Gasteiger partial charge in [-0.25, -0.2) is 0 Å². The van der Waals surface area contributed by atoms with E-state index >= 15 is 0 Å². The summed E-state index contributed by atoms with van der Waals surface area (Å²) in [6.45, 7) is 1.48. The molecule has 18 heavy (non-hydrogen) atoms. The van der Waals surface area contributed by atoms with Crippen molar-refractivity contribution in [3.8, 4) is 0 Å². The Kier molecular flexibility index (Phi) is 2.04. The van der Waals surface area contributed by atoms with Crippen LogP contribution >= 0.6 is 0 Å². The third kappa shape index (κ3) is 1.41. The molecule has 0 aromatic carbocycles. The molecule has 0 aliphatic heterocycles. The molecule has 0 saturated heterocycles. The average molecular weight is 246 g/mol. The Morgan fingerprint density at radius 3 is 2.17 bits per heavy atom. The molecule has 4 fully saturated rings. The van der Waals surface area contributed by atoms with Crippen LogP contribution < -0.4 is 0 Å². The maximum atomic E-state index is 11.3. The van der Waals surface area contributed by atoms with Crippen molar-refractivity contribution in [2.24, 2.45) is 17.8 Å². The Hall–Kier alpha value is -1.19. The van der Waals surface area contributed by atoms with Crippen LogP contribution in [-0.4, -0.2) is 15.9 Å². The fourth-order valence-electron chi connectivity index (χ4n) is 4.97. The largest absolute Gasteiger partial charge is 0.331 e. The van der Waals surface area contributed by atoms with E-state index in [1.807, 2.05) is 0 Å². The first-order valence-electron chi connectivity index (χ1n) is 7.00. The van der Waals surface area contributed by atoms with Crippen molar-refractivity contribution in [3.05, 3.63) is 11.7 Å². The SMILES string of the molecule is CC(=O)c1nc(C23CC4CC(CC(C4)C2)C3)no1. The summed E-state index contributed by atoms with van der Waals surface area (Å²) in [6.07, 6.45) is 7.81. The zero-order valence-electron chi connectivity index (χ0n) is 10.7. The van der Waals surface area contributed by atoms with Crippen molar-refractivity contribution >= 4 is 5.78 Å². The second-order valence-electron chi connectivity index (χ2n) is 6.68. The maximum Gasteiger partial charge on any atom is 0.293 e. The Morgan fingerprint density at radius 1 is 1.17 bits per heavy atom. The minimum atomic E-state index is -0.126. The molecule has 1 aromatic heterocycles. The predicted molar refractivity (Wildman–Crippen MR) is 64.2 cm³/mol. The molecule has 4 aliphatic carbocycles. The van der Waals surface area contributed by atoms with Gasteiger partial charge in [0.15, 0.2) is 5.82 Å². The first-order chi connectivity index (χ1) is 8.64. The molecule has 4 aliphatic rings. The van der Waals surface area contributed by atoms with Crippen molar-refractivity contribution in [2.75, 3.05) is 0 Å². The summed E-state index contributed by atoms with van der Waals surface area (Å²) in [5.74, 6) is 3.44. The van der Waals surface area contributed by atoms with Gasteiger partial charge in [-0.3, -0.25) is 4.79 Å². The highest BCUT2D eigenvalue weighted by Gasteiger charge is 2.53. The lowest BCUT2D eigenvalue weighted by Crippen LogP contribution is -2.49. The second kappa shape index (κ2) is 3.43. The lowest BCUT2D eigenvalue weighted by atomic mass is 9.49. The fourth-order valence-corrected chi connectivity index (χ4v) is 4.97. The maximum absolute atomic E-state index is 11.3. The van der Waals surface area contributed by atoms with E-state index in [-0.39, 0.29) is 17.1 Å². The van der Waals surface area contributed by atoms with Gasteiger partial charge in [0.2, 0.25) is 5.78 Å². The molecule has 4 bridgehead atoms. The molecule has 0 atom stereocenters. The second-order valence-corrected chi connectivity index (χ2v) is 6.68. The van der Waals surface area contributed by atoms with Crippen LogP contribution in [-0.2, 0) is 5.41 Å². The predicted octanol–water partition coefficient (Wildman–Crippen LogP) is 2.74. The number of nitrogens with zero attached hydrogens (tertiary/aromatic N) is 2. The number of hydrogen-bond donors (Lipinski definition) is 0. The summed E-state index contributed by atoms with van der Waals surface area (Å²) in [5, 5.41) is 4.12. The molecular weight excluding hydrogens is 228 g/mol. The van der Waals surface area contributed by atoms with Gasteiger partial charge >= 0.3 is 0 Å². The third-order valence-electron chi connectivity index (χ3n) is 5.24. The summed E-state index contributed by atoms with van der Waals surface area (Å²) in [4.78, 5) is 15.7. The third-order valence-corrected chi connectivity index (χ3v) is 5.24. The first kappa shape index (κ1) is 10.7. The number of hydrogen-bond acceptors (Lipinski definition) is 4. The zero-order chi connectivity index (χ0) is 12.3. The smallest absolute Gasteiger partial charge is 0.293 e. The van der Waals surface area contributed by atoms with Crippen LogP contribution in [0.2, 0.25) is 0 Å². The Balaban J connectivity index is 1.72. The number of carbonyl (C=O) groups excluding carboxylic acids is 1. The summed E-state index contributed by atoms with van der Waals surface area (Å²) in [7, 11) is 0. The highest BCUT2D eigenvalue weighted by Crippen LogP contribution is 2.60. The van der Waals surface area contributed by atoms with Gasteiger partial charge < -0.3 is 4.52 Å². The van der Waals surface area contributed by atoms with Gasteiger partial charge in [0.25, 0.3) is 5.89 Å². The van der Waals surface area contributed by atoms with E-state index in [0.29, 0.717) is 0 Å². The van der Waals surface area contributed by atoms with Crippen LogP contribution in [0.4, 0.5) is 0 Å². The van der Waals surface area contributed by atoms with Crippen molar-refractivity contribution in [2.45, 2.75) is 50.9 Å². The molecule has 4 saturated carbocycles. The minimum Gasteiger partial charge on any atom is -0.331 e. The van der Waals surface area contributed by atoms with E-state index in [9.17, 15) is 4.79 Å². The van der Waals surface area contributed by atoms with E-state index in [4.69, 9.17) is 4.52 Å². The van der Waals surface area contributed by atoms with Crippen LogP contribution in [0.5, 0.6) is 0 Å². The van der Waals surface area contributed by atoms with Gasteiger partial charge in [-0.1, -0.05) is 5.16 Å². The van der Waals surface area contributed by atoms with Gasteiger partial charge in [-0.15, -0.1) is 0 Å². The normalized spacial score (nSPS) is 41.3. The molecule has 5 rings (SSSR count). The molecule has 0 spiro atoms. The van der Waals surface area contributed by atoms with Crippen molar-refractivity contribution in [3.63, 3.8) is 0 Å². The van der Waals surface area contributed by atoms with Crippen molar-refractivity contribution in [1.82, 2.24) is 10.1 Å². The highest BCUT2D eigenvalue weighted by molar-refractivity contribution is 5.89. The molecule has 1 aromatic rings. The van der Waals surface area contributed by atoms with Crippen LogP contribution in [0.3, 0.4) is 0 Å². The standard InChI is InChI=1S/C14H18N2O2/c1-8(17)12-15-13(16-18-12)14-5-9-2-10(6-14)4-11(3-9)7-14/h9-11H,2-7H2,1H3. The Labute approximate surface area is 106 Å². The van der Waals surface area contributed by atoms with Gasteiger partial charge in [-0.05, 0) is 56.3 Å². The van der Waals surface area contributed by atoms with E-state index in [1.54, 1.807) is 0 Å². The molecule has 0 N–H and O–H groups in total. The molecule has 0 amide bonds. The molecule has 96 valence electrons. The van der Waals surface area contributed by atoms with Crippen molar-refractivity contribution in [1.29, 1.82) is 0 Å². The Morgan fingerprint density at radius 2 is 1.72 bits per heavy atom. The van der Waals surface area contributed by atoms with E-state index < -0.39 is 0 Å². The van der Waals surface area contributed by atoms with Gasteiger partial charge in [0, 0.05) is 12.3 Å². The number of carbonyl (C=O) groups is 1. The number of ketones is 1. The summed E-state index contributed by atoms with van der Waals surface area (Å²) in [6, 6.07) is 0. The first-order valence-corrected chi connectivity index (χ1v) is 7.00. The van der Waals surface area contributed by atoms with E-state index in [2.05, 4.69) is 10.1 Å². The number of Topliss-reactive ketones (excluding diaryl/α,β-unsaturated/α-hetero) is 1. The molecule has 4 heteroatoms. The lowest BCUT2D eigenvalue weighted by molar-refractivity contribution is -0.0103. The van der Waals surface area contributed by atoms with Gasteiger partial charge in [-0.2, -0.15) is 4.98 Å². The summed E-state index contributed by atoms with van der Waals surface area (Å²) < 4.78 is 5.10. The van der Waals surface area contributed by atoms with E-state index in [0.717, 1.165) is 23.6 Å². The van der Waals surface area contributed by atoms with Gasteiger partial charge in [0.1, 0.15) is 0 Å². The highest BCUT2D eigenvalue weighted by atomic mass is 16.5. The molecule has 1 heterocycles. The van der Waals surface area contributed by atoms with Crippen molar-refractivity contribution < 1.29 is 9.32 Å². The van der Waals surface area contributed by atoms with E-state index in [1.165, 1.54) is 45.4 Å². The minimum absolute atomic E-state index is 0.126. The molecular formula is C14H18N2O2. The molecule has 4 nitrogen and oxygen atoms in total. The topological polar surface area (TPSA) is 56.0 Å². The monoisotopic (exact) mass is 246 g/mol. The zero-order valence-corrected chi connectivity index (χ0v) is 10.7. The summed E-state index contributed by atoms with van der Waals surface area (Å²) >= 11 is 0. The van der Waals surface area contributed by atoms with Crippen LogP contribution in [0, 0.1) is 17.8 Å². The number of rotatable bonds is 2. The average Bonchev–Trinajstić information content (AvgIpc) is 2.76.